The van der Waals surface area contributed by atoms with E-state index in [9.17, 15) is 41.0 Å². The lowest BCUT2D eigenvalue weighted by Crippen LogP contribution is -2.65. The number of alkyl halides is 6. The zero-order valence-electron chi connectivity index (χ0n) is 28.3. The lowest BCUT2D eigenvalue weighted by atomic mass is 9.72. The molecule has 0 atom stereocenters. The number of carbonyl (C=O) groups excluding carboxylic acids is 2. The Morgan fingerprint density at radius 2 is 1.74 bits per heavy atom. The van der Waals surface area contributed by atoms with E-state index >= 15 is 8.78 Å². The summed E-state index contributed by atoms with van der Waals surface area (Å²) in [6.45, 7) is 2.27. The van der Waals surface area contributed by atoms with E-state index in [0.29, 0.717) is 57.7 Å². The average molecular weight is 791 g/mol. The third kappa shape index (κ3) is 7.41. The monoisotopic (exact) mass is 790 g/mol. The smallest absolute Gasteiger partial charge is 0.434 e. The van der Waals surface area contributed by atoms with Crippen LogP contribution < -0.4 is 10.1 Å². The third-order valence-electron chi connectivity index (χ3n) is 9.64. The molecule has 2 amide bonds. The van der Waals surface area contributed by atoms with Crippen LogP contribution in [0, 0.1) is 11.6 Å². The predicted molar refractivity (Wildman–Crippen MR) is 175 cm³/mol. The van der Waals surface area contributed by atoms with E-state index < -0.39 is 92.4 Å². The van der Waals surface area contributed by atoms with Gasteiger partial charge in [0.25, 0.3) is 11.8 Å². The quantitative estimate of drug-likeness (QED) is 0.188. The number of aromatic nitrogens is 2. The number of anilines is 1. The molecule has 1 aromatic heterocycles. The van der Waals surface area contributed by atoms with Crippen molar-refractivity contribution in [3.05, 3.63) is 81.5 Å². The first-order chi connectivity index (χ1) is 25.4. The molecule has 0 bridgehead atoms. The number of amides is 2. The van der Waals surface area contributed by atoms with Gasteiger partial charge in [-0.25, -0.2) is 19.4 Å². The summed E-state index contributed by atoms with van der Waals surface area (Å²) in [4.78, 5) is 36.6. The number of hydrazine groups is 1. The van der Waals surface area contributed by atoms with Crippen LogP contribution in [0.1, 0.15) is 36.1 Å². The zero-order chi connectivity index (χ0) is 39.2. The van der Waals surface area contributed by atoms with Gasteiger partial charge in [0.15, 0.2) is 17.3 Å². The van der Waals surface area contributed by atoms with E-state index in [0.717, 1.165) is 11.1 Å². The van der Waals surface area contributed by atoms with Crippen LogP contribution in [0.5, 0.6) is 5.75 Å². The van der Waals surface area contributed by atoms with Gasteiger partial charge in [-0.15, -0.1) is 0 Å². The Bertz CT molecular complexity index is 1980. The number of aliphatic hydroxyl groups is 1. The second-order valence-corrected chi connectivity index (χ2v) is 13.1. The zero-order valence-corrected chi connectivity index (χ0v) is 29.0. The minimum Gasteiger partial charge on any atom is -0.509 e. The Labute approximate surface area is 307 Å². The number of carbonyl (C=O) groups is 2. The molecule has 2 aromatic carbocycles. The number of halogens is 9. The van der Waals surface area contributed by atoms with Crippen molar-refractivity contribution in [2.75, 3.05) is 51.8 Å². The maximum Gasteiger partial charge on any atom is 0.434 e. The van der Waals surface area contributed by atoms with E-state index in [1.54, 1.807) is 0 Å². The highest BCUT2D eigenvalue weighted by Crippen LogP contribution is 2.48. The molecule has 0 radical (unpaired) electrons. The number of likely N-dealkylation sites (N-methyl/N-ethyl adjacent to an activating group) is 1. The van der Waals surface area contributed by atoms with E-state index in [1.165, 1.54) is 24.2 Å². The van der Waals surface area contributed by atoms with Gasteiger partial charge in [-0.1, -0.05) is 17.7 Å². The summed E-state index contributed by atoms with van der Waals surface area (Å²) in [6, 6.07) is 4.04. The van der Waals surface area contributed by atoms with Gasteiger partial charge in [0, 0.05) is 37.8 Å². The van der Waals surface area contributed by atoms with Gasteiger partial charge in [-0.05, 0) is 43.5 Å². The molecule has 1 spiro atoms. The number of nitrogens with one attached hydrogen (secondary N) is 1. The highest BCUT2D eigenvalue weighted by molar-refractivity contribution is 6.34. The Hall–Kier alpha value is -4.59. The van der Waals surface area contributed by atoms with Crippen molar-refractivity contribution in [1.82, 2.24) is 24.9 Å². The standard InChI is InChI=1S/C34H31ClF8N6O5/c1-47-32(7-2-8-32)29(50)23(31(52)49(47)16-18-3-6-22(26(37)25(18)36)54-14-11-48-9-12-53-13-10-48)30(51)46-21-5-4-19(33(38,39)40)15-20(21)27-24(35)28(34(41,42)43)45-17-44-27/h3-6,15,17,50H,2,7-14,16H2,1H3,(H,46,51). The number of morpholine rings is 1. The number of hydrogen-bond acceptors (Lipinski definition) is 9. The van der Waals surface area contributed by atoms with Crippen molar-refractivity contribution in [3.8, 4) is 17.0 Å². The Morgan fingerprint density at radius 1 is 1.04 bits per heavy atom. The molecular weight excluding hydrogens is 760 g/mol. The molecule has 2 N–H and O–H groups in total. The van der Waals surface area contributed by atoms with Crippen LogP contribution in [0.3, 0.4) is 0 Å². The predicted octanol–water partition coefficient (Wildman–Crippen LogP) is 6.39. The first-order valence-electron chi connectivity index (χ1n) is 16.4. The maximum atomic E-state index is 15.5. The number of benzene rings is 2. The van der Waals surface area contributed by atoms with Gasteiger partial charge in [0.05, 0.1) is 47.3 Å². The molecule has 1 aliphatic carbocycles. The van der Waals surface area contributed by atoms with Crippen LogP contribution in [-0.4, -0.2) is 93.8 Å². The van der Waals surface area contributed by atoms with Crippen molar-refractivity contribution in [1.29, 1.82) is 0 Å². The van der Waals surface area contributed by atoms with E-state index in [4.69, 9.17) is 21.1 Å². The Morgan fingerprint density at radius 3 is 2.37 bits per heavy atom. The van der Waals surface area contributed by atoms with Gasteiger partial charge in [0.1, 0.15) is 24.3 Å². The van der Waals surface area contributed by atoms with Crippen LogP contribution in [0.25, 0.3) is 11.3 Å². The fraction of sp³-hybridized carbons (Fsp3) is 0.412. The summed E-state index contributed by atoms with van der Waals surface area (Å²) < 4.78 is 123. The summed E-state index contributed by atoms with van der Waals surface area (Å²) >= 11 is 5.94. The second kappa shape index (κ2) is 14.9. The normalized spacial score (nSPS) is 18.3. The molecule has 3 aromatic rings. The van der Waals surface area contributed by atoms with Crippen LogP contribution in [-0.2, 0) is 33.2 Å². The van der Waals surface area contributed by atoms with Crippen molar-refractivity contribution in [2.45, 2.75) is 43.7 Å². The summed E-state index contributed by atoms with van der Waals surface area (Å²) in [5, 5.41) is 14.6. The molecule has 20 heteroatoms. The molecule has 1 saturated heterocycles. The highest BCUT2D eigenvalue weighted by Gasteiger charge is 2.55. The molecule has 2 aliphatic heterocycles. The van der Waals surface area contributed by atoms with Gasteiger partial charge < -0.3 is 19.9 Å². The molecule has 0 unspecified atom stereocenters. The Balaban J connectivity index is 1.30. The topological polar surface area (TPSA) is 120 Å². The van der Waals surface area contributed by atoms with E-state index in [2.05, 4.69) is 15.3 Å². The fourth-order valence-electron chi connectivity index (χ4n) is 6.48. The number of aliphatic hydroxyl groups excluding tert-OH is 1. The number of rotatable bonds is 9. The molecule has 6 rings (SSSR count). The molecule has 54 heavy (non-hydrogen) atoms. The largest absolute Gasteiger partial charge is 0.509 e. The minimum absolute atomic E-state index is 0.0572. The molecule has 290 valence electrons. The molecule has 3 heterocycles. The summed E-state index contributed by atoms with van der Waals surface area (Å²) in [6.07, 6.45) is -8.74. The minimum atomic E-state index is -5.13. The maximum absolute atomic E-state index is 15.5. The lowest BCUT2D eigenvalue weighted by Gasteiger charge is -2.54. The lowest BCUT2D eigenvalue weighted by molar-refractivity contribution is -0.172. The molecule has 1 saturated carbocycles. The van der Waals surface area contributed by atoms with Crippen LogP contribution >= 0.6 is 11.6 Å². The van der Waals surface area contributed by atoms with E-state index in [-0.39, 0.29) is 30.8 Å². The number of ether oxygens (including phenoxy) is 2. The van der Waals surface area contributed by atoms with Crippen LogP contribution in [0.15, 0.2) is 48.0 Å². The molecule has 3 aliphatic rings. The van der Waals surface area contributed by atoms with Gasteiger partial charge >= 0.3 is 12.4 Å². The number of hydrogen-bond donors (Lipinski definition) is 2. The van der Waals surface area contributed by atoms with Crippen molar-refractivity contribution < 1.29 is 59.3 Å². The third-order valence-corrected chi connectivity index (χ3v) is 10.00. The van der Waals surface area contributed by atoms with Gasteiger partial charge in [0.2, 0.25) is 5.82 Å². The van der Waals surface area contributed by atoms with Crippen LogP contribution in [0.4, 0.5) is 40.8 Å². The summed E-state index contributed by atoms with van der Waals surface area (Å²) in [5.41, 5.74) is -7.63. The number of nitrogens with zero attached hydrogens (tertiary/aromatic N) is 5. The average Bonchev–Trinajstić information content (AvgIpc) is 3.08. The van der Waals surface area contributed by atoms with Crippen molar-refractivity contribution in [2.24, 2.45) is 0 Å². The van der Waals surface area contributed by atoms with Crippen molar-refractivity contribution >= 4 is 29.1 Å². The first-order valence-corrected chi connectivity index (χ1v) is 16.8. The molecule has 11 nitrogen and oxygen atoms in total. The second-order valence-electron chi connectivity index (χ2n) is 12.7. The van der Waals surface area contributed by atoms with Crippen LogP contribution in [0.2, 0.25) is 5.02 Å². The summed E-state index contributed by atoms with van der Waals surface area (Å²) in [5.74, 6) is -6.26. The molecule has 2 fully saturated rings. The highest BCUT2D eigenvalue weighted by atomic mass is 35.5. The SMILES string of the molecule is CN1N(Cc2ccc(OCCN3CCOCC3)c(F)c2F)C(=O)C(C(=O)Nc2ccc(C(F)(F)F)cc2-c2ncnc(C(F)(F)F)c2Cl)=C(O)C12CCC2. The molecular formula is C34H31ClF8N6O5. The van der Waals surface area contributed by atoms with E-state index in [1.807, 2.05) is 4.90 Å². The van der Waals surface area contributed by atoms with Gasteiger partial charge in [-0.3, -0.25) is 19.5 Å². The summed E-state index contributed by atoms with van der Waals surface area (Å²) in [7, 11) is 1.41. The first kappa shape index (κ1) is 39.1. The van der Waals surface area contributed by atoms with Gasteiger partial charge in [-0.2, -0.15) is 30.7 Å². The Kier molecular flexibility index (Phi) is 10.8. The fourth-order valence-corrected chi connectivity index (χ4v) is 6.79. The van der Waals surface area contributed by atoms with Crippen molar-refractivity contribution in [3.63, 3.8) is 0 Å².